The molecule has 3 aromatic rings. The van der Waals surface area contributed by atoms with E-state index in [1.54, 1.807) is 49.4 Å². The Morgan fingerprint density at radius 3 is 2.70 bits per heavy atom. The van der Waals surface area contributed by atoms with Crippen molar-refractivity contribution < 1.29 is 14.4 Å². The van der Waals surface area contributed by atoms with E-state index < -0.39 is 23.4 Å². The summed E-state index contributed by atoms with van der Waals surface area (Å²) in [6.07, 6.45) is 0. The van der Waals surface area contributed by atoms with Gasteiger partial charge in [-0.3, -0.25) is 14.5 Å². The number of aromatic nitrogens is 2. The Morgan fingerprint density at radius 2 is 1.93 bits per heavy atom. The van der Waals surface area contributed by atoms with Gasteiger partial charge in [-0.15, -0.1) is 0 Å². The molecule has 1 aromatic heterocycles. The number of carbonyl (C=O) groups is 3. The first-order valence-electron chi connectivity index (χ1n) is 8.20. The molecule has 4 amide bonds. The molecule has 1 unspecified atom stereocenters. The van der Waals surface area contributed by atoms with Gasteiger partial charge in [0.15, 0.2) is 0 Å². The lowest BCUT2D eigenvalue weighted by Crippen LogP contribution is -2.42. The number of amides is 4. The standard InChI is InChI=1S/C18H15N5O3S/c1-18(11-6-3-2-4-7-11)16(25)23(17(26)20-18)10-14(24)19-12-8-5-9-13-15(12)22-27-21-13/h2-9H,10H2,1H3,(H,19,24)(H,20,26). The lowest BCUT2D eigenvalue weighted by atomic mass is 9.92. The third-order valence-corrected chi connectivity index (χ3v) is 5.03. The Hall–Kier alpha value is -3.33. The topological polar surface area (TPSA) is 104 Å². The molecular weight excluding hydrogens is 366 g/mol. The van der Waals surface area contributed by atoms with E-state index >= 15 is 0 Å². The molecule has 1 fully saturated rings. The van der Waals surface area contributed by atoms with Gasteiger partial charge in [0.05, 0.1) is 17.4 Å². The van der Waals surface area contributed by atoms with Crippen molar-refractivity contribution in [1.82, 2.24) is 19.0 Å². The molecule has 2 heterocycles. The van der Waals surface area contributed by atoms with Gasteiger partial charge >= 0.3 is 6.03 Å². The zero-order chi connectivity index (χ0) is 19.0. The zero-order valence-corrected chi connectivity index (χ0v) is 15.1. The normalized spacial score (nSPS) is 19.4. The Labute approximate surface area is 158 Å². The number of fused-ring (bicyclic) bond motifs is 1. The highest BCUT2D eigenvalue weighted by Crippen LogP contribution is 2.28. The number of rotatable bonds is 4. The Balaban J connectivity index is 1.52. The molecular formula is C18H15N5O3S. The summed E-state index contributed by atoms with van der Waals surface area (Å²) in [5.41, 5.74) is 1.19. The summed E-state index contributed by atoms with van der Waals surface area (Å²) in [5.74, 6) is -0.960. The van der Waals surface area contributed by atoms with Crippen molar-refractivity contribution in [2.45, 2.75) is 12.5 Å². The van der Waals surface area contributed by atoms with Gasteiger partial charge in [-0.1, -0.05) is 36.4 Å². The first kappa shape index (κ1) is 17.1. The molecule has 1 aliphatic rings. The van der Waals surface area contributed by atoms with Gasteiger partial charge in [0, 0.05) is 0 Å². The largest absolute Gasteiger partial charge is 0.325 e. The summed E-state index contributed by atoms with van der Waals surface area (Å²) in [5, 5.41) is 5.38. The van der Waals surface area contributed by atoms with Crippen molar-refractivity contribution in [2.75, 3.05) is 11.9 Å². The molecule has 4 rings (SSSR count). The molecule has 0 saturated carbocycles. The van der Waals surface area contributed by atoms with Gasteiger partial charge in [0.25, 0.3) is 5.91 Å². The van der Waals surface area contributed by atoms with Crippen LogP contribution in [0.4, 0.5) is 10.5 Å². The minimum atomic E-state index is -1.20. The third-order valence-electron chi connectivity index (χ3n) is 4.49. The molecule has 0 spiro atoms. The minimum Gasteiger partial charge on any atom is -0.323 e. The maximum atomic E-state index is 12.8. The highest BCUT2D eigenvalue weighted by Gasteiger charge is 2.49. The molecule has 0 radical (unpaired) electrons. The van der Waals surface area contributed by atoms with Crippen LogP contribution >= 0.6 is 11.7 Å². The summed E-state index contributed by atoms with van der Waals surface area (Å²) in [6.45, 7) is 1.24. The van der Waals surface area contributed by atoms with E-state index in [9.17, 15) is 14.4 Å². The number of urea groups is 1. The van der Waals surface area contributed by atoms with Crippen LogP contribution in [0.25, 0.3) is 11.0 Å². The Morgan fingerprint density at radius 1 is 1.15 bits per heavy atom. The van der Waals surface area contributed by atoms with Crippen LogP contribution in [0, 0.1) is 0 Å². The molecule has 8 nitrogen and oxygen atoms in total. The summed E-state index contributed by atoms with van der Waals surface area (Å²) in [7, 11) is 0. The van der Waals surface area contributed by atoms with E-state index in [0.717, 1.165) is 16.6 Å². The van der Waals surface area contributed by atoms with Crippen molar-refractivity contribution in [2.24, 2.45) is 0 Å². The quantitative estimate of drug-likeness (QED) is 0.674. The van der Waals surface area contributed by atoms with Crippen LogP contribution in [0.1, 0.15) is 12.5 Å². The molecule has 0 bridgehead atoms. The van der Waals surface area contributed by atoms with Gasteiger partial charge in [0.1, 0.15) is 23.1 Å². The van der Waals surface area contributed by atoms with Crippen LogP contribution in [0.15, 0.2) is 48.5 Å². The number of carbonyl (C=O) groups excluding carboxylic acids is 3. The summed E-state index contributed by atoms with van der Waals surface area (Å²) in [6, 6.07) is 13.6. The molecule has 27 heavy (non-hydrogen) atoms. The predicted octanol–water partition coefficient (Wildman–Crippen LogP) is 2.10. The first-order valence-corrected chi connectivity index (χ1v) is 8.93. The van der Waals surface area contributed by atoms with Crippen molar-refractivity contribution in [1.29, 1.82) is 0 Å². The van der Waals surface area contributed by atoms with Crippen LogP contribution in [0.5, 0.6) is 0 Å². The number of hydrogen-bond donors (Lipinski definition) is 2. The number of nitrogens with one attached hydrogen (secondary N) is 2. The lowest BCUT2D eigenvalue weighted by molar-refractivity contribution is -0.133. The number of hydrogen-bond acceptors (Lipinski definition) is 6. The summed E-state index contributed by atoms with van der Waals surface area (Å²) >= 11 is 1.05. The Bertz CT molecular complexity index is 1050. The van der Waals surface area contributed by atoms with Gasteiger partial charge in [-0.2, -0.15) is 8.75 Å². The van der Waals surface area contributed by atoms with Gasteiger partial charge in [-0.05, 0) is 24.6 Å². The average molecular weight is 381 g/mol. The molecule has 0 aliphatic carbocycles. The molecule has 9 heteroatoms. The highest BCUT2D eigenvalue weighted by atomic mass is 32.1. The molecule has 1 aliphatic heterocycles. The van der Waals surface area contributed by atoms with E-state index in [4.69, 9.17) is 0 Å². The van der Waals surface area contributed by atoms with E-state index in [0.29, 0.717) is 22.3 Å². The lowest BCUT2D eigenvalue weighted by Gasteiger charge is -2.22. The zero-order valence-electron chi connectivity index (χ0n) is 14.3. The number of anilines is 1. The minimum absolute atomic E-state index is 0.388. The second-order valence-corrected chi connectivity index (χ2v) is 6.83. The fourth-order valence-electron chi connectivity index (χ4n) is 3.05. The molecule has 2 aromatic carbocycles. The SMILES string of the molecule is CC1(c2ccccc2)NC(=O)N(CC(=O)Nc2cccc3nsnc23)C1=O. The molecule has 1 saturated heterocycles. The highest BCUT2D eigenvalue weighted by molar-refractivity contribution is 7.00. The number of imide groups is 1. The fourth-order valence-corrected chi connectivity index (χ4v) is 3.60. The fraction of sp³-hybridized carbons (Fsp3) is 0.167. The molecule has 1 atom stereocenters. The Kier molecular flexibility index (Phi) is 4.08. The van der Waals surface area contributed by atoms with Gasteiger partial charge < -0.3 is 10.6 Å². The second-order valence-electron chi connectivity index (χ2n) is 6.30. The average Bonchev–Trinajstić information content (AvgIpc) is 3.23. The van der Waals surface area contributed by atoms with Gasteiger partial charge in [0.2, 0.25) is 5.91 Å². The molecule has 2 N–H and O–H groups in total. The van der Waals surface area contributed by atoms with E-state index in [-0.39, 0.29) is 6.54 Å². The van der Waals surface area contributed by atoms with Crippen LogP contribution in [0.2, 0.25) is 0 Å². The maximum Gasteiger partial charge on any atom is 0.325 e. The number of nitrogens with zero attached hydrogens (tertiary/aromatic N) is 3. The van der Waals surface area contributed by atoms with Crippen molar-refractivity contribution >= 4 is 46.3 Å². The van der Waals surface area contributed by atoms with Crippen LogP contribution in [-0.4, -0.2) is 38.0 Å². The van der Waals surface area contributed by atoms with Crippen LogP contribution < -0.4 is 10.6 Å². The van der Waals surface area contributed by atoms with Crippen LogP contribution in [-0.2, 0) is 15.1 Å². The van der Waals surface area contributed by atoms with Crippen molar-refractivity contribution in [3.63, 3.8) is 0 Å². The maximum absolute atomic E-state index is 12.8. The first-order chi connectivity index (χ1) is 13.0. The second kappa shape index (κ2) is 6.44. The predicted molar refractivity (Wildman–Crippen MR) is 100 cm³/mol. The number of benzene rings is 2. The molecule has 136 valence electrons. The van der Waals surface area contributed by atoms with E-state index in [1.165, 1.54) is 0 Å². The van der Waals surface area contributed by atoms with Crippen molar-refractivity contribution in [3.8, 4) is 0 Å². The van der Waals surface area contributed by atoms with E-state index in [1.807, 2.05) is 6.07 Å². The smallest absolute Gasteiger partial charge is 0.323 e. The van der Waals surface area contributed by atoms with Crippen molar-refractivity contribution in [3.05, 3.63) is 54.1 Å². The monoisotopic (exact) mass is 381 g/mol. The van der Waals surface area contributed by atoms with Crippen LogP contribution in [0.3, 0.4) is 0 Å². The summed E-state index contributed by atoms with van der Waals surface area (Å²) in [4.78, 5) is 38.5. The van der Waals surface area contributed by atoms with Gasteiger partial charge in [-0.25, -0.2) is 4.79 Å². The van der Waals surface area contributed by atoms with E-state index in [2.05, 4.69) is 19.4 Å². The summed E-state index contributed by atoms with van der Waals surface area (Å²) < 4.78 is 8.27. The third kappa shape index (κ3) is 2.91.